The monoisotopic (exact) mass is 1870 g/mol. The lowest BCUT2D eigenvalue weighted by Gasteiger charge is -2.31. The number of aliphatic carboxylic acids is 2. The first-order valence-corrected chi connectivity index (χ1v) is 39.7. The van der Waals surface area contributed by atoms with Crippen LogP contribution in [-0.2, 0) is 78.3 Å². The Morgan fingerprint density at radius 2 is 0.885 bits per heavy atom. The average molecular weight is 1870 g/mol. The lowest BCUT2D eigenvalue weighted by atomic mass is 9.92. The molecule has 6 heterocycles. The first kappa shape index (κ1) is 106. The standard InChI is InChI=1S/C19H17F2NO3S.C18H16F2N2O3.C12H11F2NO3.C11H9F2NO3.C10H10F2N2O.C7H4F2O.C7H8S.C4H2O3.C2H4O2.H3N/c1-11-3-6-13(7-4-11)26-19(18(24)25-2)10-16(23)22-17(19)14-8-5-12(20)9-15(14)21;19-12-6-7-13(14(20)8-12)17-15(9-16(23)22-17)21-18(24)25-10-11-4-2-1-3-5-11;1-18-12(17)8-5-10(16)15-11(8)7-3-2-6(13)4-9(7)14;12-5-1-2-6(8(13)3-5)10-7(11(16)17)4-9(15)14-10;11-5-1-2-6(7(12)3-5)10-8(13)4-9(15)14-10;8-6-2-1-5(4-10)7(9)3-6;1-6-2-4-7(8)5-3-6;5-3-1-2-4(6)7-3;1-2(3)4;/h3-9,17H,10H2,1-2H3,(H,22,23);1-8,15,17H,9-10H2,(H,21,24)(H,22,23);2-4,8,11H,5H2,1H3,(H,15,16);1-3,7,10H,4H2,(H,14,15)(H,16,17);1-3,8,10H,4,13H2,(H,14,15);1-4H;2-5,8H,1H3;1-2H;1H3,(H,3,4);1H3/t17?,19-;15-,17?;;7-,10?;8-,10?;;;;;/m10.00...../s1. The molecule has 0 radical (unpaired) electrons. The Morgan fingerprint density at radius 3 is 1.28 bits per heavy atom. The van der Waals surface area contributed by atoms with Crippen LogP contribution in [0.25, 0.3) is 0 Å². The van der Waals surface area contributed by atoms with Crippen molar-refractivity contribution in [3.05, 3.63) is 320 Å². The molecule has 131 heavy (non-hydrogen) atoms. The molecule has 6 aliphatic heterocycles. The molecule has 6 amide bonds. The number of aryl methyl sites for hydroxylation is 2. The van der Waals surface area contributed by atoms with Gasteiger partial charge in [-0.3, -0.25) is 47.9 Å². The third-order valence-electron chi connectivity index (χ3n) is 19.1. The Morgan fingerprint density at radius 1 is 0.496 bits per heavy atom. The van der Waals surface area contributed by atoms with Gasteiger partial charge in [-0.25, -0.2) is 67.1 Å². The van der Waals surface area contributed by atoms with Gasteiger partial charge in [-0.1, -0.05) is 96.1 Å². The van der Waals surface area contributed by atoms with Crippen LogP contribution in [0.4, 0.5) is 57.5 Å². The number of nitrogens with two attached hydrogens (primary N) is 1. The second kappa shape index (κ2) is 50.0. The van der Waals surface area contributed by atoms with Gasteiger partial charge in [0.25, 0.3) is 5.97 Å². The highest BCUT2D eigenvalue weighted by atomic mass is 32.2. The van der Waals surface area contributed by atoms with Gasteiger partial charge in [0.15, 0.2) is 11.0 Å². The zero-order valence-electron chi connectivity index (χ0n) is 69.6. The van der Waals surface area contributed by atoms with Crippen LogP contribution >= 0.6 is 24.4 Å². The van der Waals surface area contributed by atoms with E-state index in [-0.39, 0.29) is 96.0 Å². The third-order valence-corrected chi connectivity index (χ3v) is 20.8. The molecule has 10 atom stereocenters. The van der Waals surface area contributed by atoms with Crippen LogP contribution in [0, 0.1) is 95.5 Å². The Balaban J connectivity index is 0.000000236. The molecule has 5 saturated heterocycles. The summed E-state index contributed by atoms with van der Waals surface area (Å²) < 4.78 is 175. The molecule has 41 heteroatoms. The van der Waals surface area contributed by atoms with E-state index < -0.39 is 182 Å². The summed E-state index contributed by atoms with van der Waals surface area (Å²) in [5.41, 5.74) is 9.14. The summed E-state index contributed by atoms with van der Waals surface area (Å²) in [5.74, 6) is -17.0. The van der Waals surface area contributed by atoms with Crippen molar-refractivity contribution in [3.63, 3.8) is 0 Å². The van der Waals surface area contributed by atoms with Gasteiger partial charge in [0.1, 0.15) is 76.4 Å². The Hall–Kier alpha value is -14.2. The molecule has 0 bridgehead atoms. The van der Waals surface area contributed by atoms with Gasteiger partial charge in [-0.15, -0.1) is 24.4 Å². The molecule has 5 fully saturated rings. The smallest absolute Gasteiger partial charge is 0.407 e. The van der Waals surface area contributed by atoms with Gasteiger partial charge in [-0.2, -0.15) is 0 Å². The minimum atomic E-state index is -1.39. The van der Waals surface area contributed by atoms with E-state index in [1.807, 2.05) is 85.8 Å². The minimum Gasteiger partial charge on any atom is -0.481 e. The van der Waals surface area contributed by atoms with Crippen LogP contribution in [0.5, 0.6) is 0 Å². The molecule has 0 saturated carbocycles. The van der Waals surface area contributed by atoms with Crippen molar-refractivity contribution in [2.75, 3.05) is 14.2 Å². The molecule has 6 unspecified atom stereocenters. The number of halogens is 12. The fraction of sp³-hybridized carbons (Fsp3) is 0.233. The quantitative estimate of drug-likeness (QED) is 0.0120. The summed E-state index contributed by atoms with van der Waals surface area (Å²) in [7, 11) is 2.42. The highest BCUT2D eigenvalue weighted by Crippen LogP contribution is 2.50. The molecule has 27 nitrogen and oxygen atoms in total. The van der Waals surface area contributed by atoms with Crippen LogP contribution in [0.15, 0.2) is 210 Å². The van der Waals surface area contributed by atoms with Gasteiger partial charge >= 0.3 is 35.9 Å². The number of amides is 6. The van der Waals surface area contributed by atoms with Crippen LogP contribution in [-0.4, -0.2) is 119 Å². The number of aldehydes is 1. The maximum atomic E-state index is 14.4. The van der Waals surface area contributed by atoms with Gasteiger partial charge in [0, 0.05) is 125 Å². The van der Waals surface area contributed by atoms with E-state index in [0.717, 1.165) is 118 Å². The van der Waals surface area contributed by atoms with Gasteiger partial charge < -0.3 is 72.9 Å². The first-order valence-electron chi connectivity index (χ1n) is 38.4. The number of carbonyl (C=O) groups excluding carboxylic acids is 11. The molecule has 9 aromatic rings. The number of carbonyl (C=O) groups is 13. The SMILES string of the molecule is CC(=O)O.COC(=O)C1CC(=O)NC1c1ccc(F)cc1F.COC(=O)[C@@]1(Sc2ccc(C)cc2)CC(=O)NC1c1ccc(F)cc1F.Cc1ccc(S)cc1.N.N[C@H]1CC(=O)NC1c1ccc(F)cc1F.O=C1C=CC(=O)O1.O=C1C[C@H](C(=O)O)C(c2ccc(F)cc2F)N1.O=C1C[C@H](NC(=O)OCc2ccccc2)C(c2ccc(F)cc2F)N1.O=Cc1ccc(F)cc1F. The van der Waals surface area contributed by atoms with Crippen molar-refractivity contribution in [1.82, 2.24) is 38.1 Å². The number of benzene rings is 9. The molecule has 0 aliphatic carbocycles. The number of nitrogens with one attached hydrogen (secondary N) is 6. The van der Waals surface area contributed by atoms with Gasteiger partial charge in [0.2, 0.25) is 29.5 Å². The summed E-state index contributed by atoms with van der Waals surface area (Å²) in [4.78, 5) is 145. The fourth-order valence-corrected chi connectivity index (χ4v) is 14.5. The second-order valence-corrected chi connectivity index (χ2v) is 30.5. The molecule has 13 N–H and O–H groups in total. The zero-order chi connectivity index (χ0) is 96.0. The second-order valence-electron chi connectivity index (χ2n) is 28.6. The molecular formula is C90H84F12N8O19S2. The number of thiol groups is 1. The maximum Gasteiger partial charge on any atom is 0.407 e. The molecular weight excluding hydrogens is 1790 g/mol. The van der Waals surface area contributed by atoms with E-state index in [1.54, 1.807) is 0 Å². The van der Waals surface area contributed by atoms with Crippen LogP contribution < -0.4 is 43.8 Å². The predicted octanol–water partition coefficient (Wildman–Crippen LogP) is 13.7. The predicted molar refractivity (Wildman–Crippen MR) is 448 cm³/mol. The maximum absolute atomic E-state index is 14.4. The number of alkyl carbamates (subject to hydrolysis) is 1. The number of ether oxygens (including phenoxy) is 4. The third kappa shape index (κ3) is 31.6. The van der Waals surface area contributed by atoms with Crippen molar-refractivity contribution in [3.8, 4) is 0 Å². The summed E-state index contributed by atoms with van der Waals surface area (Å²) in [6.07, 6.45) is 1.53. The Bertz CT molecular complexity index is 5620. The van der Waals surface area contributed by atoms with Crippen LogP contribution in [0.1, 0.15) is 124 Å². The number of carboxylic acids is 2. The minimum absolute atomic E-state index is 0. The number of cyclic esters (lactones) is 2. The van der Waals surface area contributed by atoms with E-state index in [2.05, 4.69) is 60.9 Å². The van der Waals surface area contributed by atoms with Crippen molar-refractivity contribution < 1.29 is 144 Å². The highest BCUT2D eigenvalue weighted by Gasteiger charge is 2.56. The summed E-state index contributed by atoms with van der Waals surface area (Å²) in [6, 6.07) is 37.4. The van der Waals surface area contributed by atoms with E-state index in [1.165, 1.54) is 44.0 Å². The van der Waals surface area contributed by atoms with E-state index >= 15 is 0 Å². The lowest BCUT2D eigenvalue weighted by Crippen LogP contribution is -2.41. The summed E-state index contributed by atoms with van der Waals surface area (Å²) in [5, 5.41) is 31.6. The molecule has 0 aromatic heterocycles. The van der Waals surface area contributed by atoms with E-state index in [9.17, 15) is 110 Å². The fourth-order valence-electron chi connectivity index (χ4n) is 13.0. The van der Waals surface area contributed by atoms with Crippen molar-refractivity contribution in [2.24, 2.45) is 17.6 Å². The number of esters is 4. The molecule has 15 rings (SSSR count). The first-order chi connectivity index (χ1) is 61.5. The Labute approximate surface area is 749 Å². The number of hydrogen-bond donors (Lipinski definition) is 11. The number of thioether (sulfide) groups is 1. The van der Waals surface area contributed by atoms with Crippen molar-refractivity contribution >= 4 is 102 Å². The topological polar surface area (TPSA) is 432 Å². The molecule has 0 spiro atoms. The van der Waals surface area contributed by atoms with Crippen LogP contribution in [0.3, 0.4) is 0 Å². The number of methoxy groups -OCH3 is 2. The number of rotatable bonds is 14. The van der Waals surface area contributed by atoms with Crippen molar-refractivity contribution in [2.45, 2.75) is 116 Å². The molecule has 6 aliphatic rings. The van der Waals surface area contributed by atoms with Gasteiger partial charge in [-0.05, 0) is 86.1 Å². The normalized spacial score (nSPS) is 19.6. The average Bonchev–Trinajstić information content (AvgIpc) is 1.61. The van der Waals surface area contributed by atoms with Crippen LogP contribution in [0.2, 0.25) is 0 Å². The molecule has 9 aromatic carbocycles. The molecule has 694 valence electrons. The van der Waals surface area contributed by atoms with E-state index in [4.69, 9.17) is 30.2 Å². The van der Waals surface area contributed by atoms with Crippen molar-refractivity contribution in [1.29, 1.82) is 0 Å². The largest absolute Gasteiger partial charge is 0.481 e. The summed E-state index contributed by atoms with van der Waals surface area (Å²) >= 11 is 5.27. The van der Waals surface area contributed by atoms with Gasteiger partial charge in [0.05, 0.1) is 74.3 Å². The van der Waals surface area contributed by atoms with E-state index in [0.29, 0.717) is 24.5 Å². The number of hydrogen-bond acceptors (Lipinski definition) is 21. The number of carboxylic acid groups (broad SMARTS) is 2. The Kier molecular flexibility index (Phi) is 40.3. The summed E-state index contributed by atoms with van der Waals surface area (Å²) in [6.45, 7) is 5.16. The highest BCUT2D eigenvalue weighted by molar-refractivity contribution is 8.01. The zero-order valence-corrected chi connectivity index (χ0v) is 71.3. The lowest BCUT2D eigenvalue weighted by molar-refractivity contribution is -0.150.